The predicted octanol–water partition coefficient (Wildman–Crippen LogP) is 4.45. The number of benzene rings is 2. The third kappa shape index (κ3) is 3.16. The Balaban J connectivity index is 1.38. The first-order valence-corrected chi connectivity index (χ1v) is 10.5. The van der Waals surface area contributed by atoms with Crippen molar-refractivity contribution in [1.82, 2.24) is 15.0 Å². The van der Waals surface area contributed by atoms with Crippen molar-refractivity contribution in [2.75, 3.05) is 13.7 Å². The minimum Gasteiger partial charge on any atom is -0.497 e. The van der Waals surface area contributed by atoms with Crippen LogP contribution in [0.1, 0.15) is 48.7 Å². The summed E-state index contributed by atoms with van der Waals surface area (Å²) in [6.07, 6.45) is 3.54. The lowest BCUT2D eigenvalue weighted by atomic mass is 9.94. The van der Waals surface area contributed by atoms with Gasteiger partial charge < -0.3 is 14.2 Å². The number of methoxy groups -OCH3 is 1. The molecule has 0 bridgehead atoms. The molecule has 1 amide bonds. The SMILES string of the molecule is COc1ccc(C2(C(=O)N3CCCC3c3nc(-c4ccc(C)cc4)no3)CC2)cc1. The first-order valence-electron chi connectivity index (χ1n) is 10.5. The minimum atomic E-state index is -0.422. The van der Waals surface area contributed by atoms with Crippen LogP contribution in [-0.2, 0) is 10.2 Å². The summed E-state index contributed by atoms with van der Waals surface area (Å²) in [4.78, 5) is 20.2. The average molecular weight is 403 g/mol. The highest BCUT2D eigenvalue weighted by Crippen LogP contribution is 2.51. The Bertz CT molecular complexity index is 1050. The second kappa shape index (κ2) is 7.27. The number of rotatable bonds is 5. The summed E-state index contributed by atoms with van der Waals surface area (Å²) in [6.45, 7) is 2.77. The fourth-order valence-corrected chi connectivity index (χ4v) is 4.39. The second-order valence-corrected chi connectivity index (χ2v) is 8.29. The van der Waals surface area contributed by atoms with Crippen LogP contribution in [0.3, 0.4) is 0 Å². The van der Waals surface area contributed by atoms with Gasteiger partial charge >= 0.3 is 0 Å². The standard InChI is InChI=1S/C24H25N3O3/c1-16-5-7-17(8-6-16)21-25-22(30-26-21)20-4-3-15-27(20)23(28)24(13-14-24)18-9-11-19(29-2)12-10-18/h5-12,20H,3-4,13-15H2,1-2H3. The van der Waals surface area contributed by atoms with Gasteiger partial charge in [0, 0.05) is 12.1 Å². The molecular formula is C24H25N3O3. The first kappa shape index (κ1) is 18.9. The number of nitrogens with zero attached hydrogens (tertiary/aromatic N) is 3. The van der Waals surface area contributed by atoms with Gasteiger partial charge in [0.15, 0.2) is 0 Å². The normalized spacial score (nSPS) is 19.7. The maximum absolute atomic E-state index is 13.6. The van der Waals surface area contributed by atoms with Gasteiger partial charge in [-0.15, -0.1) is 0 Å². The number of aromatic nitrogens is 2. The summed E-state index contributed by atoms with van der Waals surface area (Å²) in [5.74, 6) is 2.07. The largest absolute Gasteiger partial charge is 0.497 e. The lowest BCUT2D eigenvalue weighted by Crippen LogP contribution is -2.39. The number of aryl methyl sites for hydroxylation is 1. The van der Waals surface area contributed by atoms with E-state index in [2.05, 4.69) is 10.1 Å². The van der Waals surface area contributed by atoms with Crippen LogP contribution in [0.5, 0.6) is 5.75 Å². The summed E-state index contributed by atoms with van der Waals surface area (Å²) in [5.41, 5.74) is 2.74. The van der Waals surface area contributed by atoms with E-state index in [9.17, 15) is 4.79 Å². The third-order valence-electron chi connectivity index (χ3n) is 6.35. The van der Waals surface area contributed by atoms with Gasteiger partial charge in [0.05, 0.1) is 12.5 Å². The molecule has 6 nitrogen and oxygen atoms in total. The summed E-state index contributed by atoms with van der Waals surface area (Å²) in [5, 5.41) is 4.17. The van der Waals surface area contributed by atoms with Gasteiger partial charge in [0.2, 0.25) is 17.6 Å². The quantitative estimate of drug-likeness (QED) is 0.630. The summed E-state index contributed by atoms with van der Waals surface area (Å²) in [7, 11) is 1.65. The Morgan fingerprint density at radius 2 is 1.87 bits per heavy atom. The summed E-state index contributed by atoms with van der Waals surface area (Å²) < 4.78 is 10.9. The summed E-state index contributed by atoms with van der Waals surface area (Å²) in [6, 6.07) is 15.8. The van der Waals surface area contributed by atoms with Crippen molar-refractivity contribution < 1.29 is 14.1 Å². The molecule has 2 fully saturated rings. The number of ether oxygens (including phenoxy) is 1. The zero-order valence-corrected chi connectivity index (χ0v) is 17.3. The number of amides is 1. The van der Waals surface area contributed by atoms with Crippen molar-refractivity contribution in [3.8, 4) is 17.1 Å². The number of hydrogen-bond donors (Lipinski definition) is 0. The van der Waals surface area contributed by atoms with E-state index < -0.39 is 5.41 Å². The predicted molar refractivity (Wildman–Crippen MR) is 112 cm³/mol. The van der Waals surface area contributed by atoms with E-state index >= 15 is 0 Å². The van der Waals surface area contributed by atoms with E-state index in [1.165, 1.54) is 5.56 Å². The molecule has 2 heterocycles. The Hall–Kier alpha value is -3.15. The fourth-order valence-electron chi connectivity index (χ4n) is 4.39. The average Bonchev–Trinajstić information content (AvgIpc) is 3.20. The van der Waals surface area contributed by atoms with E-state index in [0.29, 0.717) is 11.7 Å². The molecule has 6 heteroatoms. The highest BCUT2D eigenvalue weighted by Gasteiger charge is 2.55. The van der Waals surface area contributed by atoms with Crippen molar-refractivity contribution in [2.45, 2.75) is 44.1 Å². The fraction of sp³-hybridized carbons (Fsp3) is 0.375. The van der Waals surface area contributed by atoms with Crippen molar-refractivity contribution >= 4 is 5.91 Å². The molecule has 3 aromatic rings. The molecule has 2 aromatic carbocycles. The molecular weight excluding hydrogens is 378 g/mol. The molecule has 1 atom stereocenters. The van der Waals surface area contributed by atoms with Crippen LogP contribution in [0, 0.1) is 6.92 Å². The molecule has 0 N–H and O–H groups in total. The molecule has 1 aliphatic carbocycles. The lowest BCUT2D eigenvalue weighted by molar-refractivity contribution is -0.135. The monoisotopic (exact) mass is 403 g/mol. The number of likely N-dealkylation sites (tertiary alicyclic amines) is 1. The lowest BCUT2D eigenvalue weighted by Gasteiger charge is -2.27. The maximum Gasteiger partial charge on any atom is 0.249 e. The van der Waals surface area contributed by atoms with Gasteiger partial charge in [-0.1, -0.05) is 47.1 Å². The zero-order valence-electron chi connectivity index (χ0n) is 17.3. The van der Waals surface area contributed by atoms with Crippen LogP contribution in [0.25, 0.3) is 11.4 Å². The maximum atomic E-state index is 13.6. The van der Waals surface area contributed by atoms with Crippen LogP contribution in [0.15, 0.2) is 53.1 Å². The molecule has 154 valence electrons. The molecule has 1 saturated heterocycles. The molecule has 0 radical (unpaired) electrons. The van der Waals surface area contributed by atoms with Crippen LogP contribution >= 0.6 is 0 Å². The van der Waals surface area contributed by atoms with Crippen molar-refractivity contribution in [3.05, 3.63) is 65.5 Å². The minimum absolute atomic E-state index is 0.153. The second-order valence-electron chi connectivity index (χ2n) is 8.29. The Kier molecular flexibility index (Phi) is 4.57. The van der Waals surface area contributed by atoms with Gasteiger partial charge in [-0.05, 0) is 50.3 Å². The van der Waals surface area contributed by atoms with E-state index in [0.717, 1.165) is 49.1 Å². The highest BCUT2D eigenvalue weighted by molar-refractivity contribution is 5.91. The molecule has 1 unspecified atom stereocenters. The van der Waals surface area contributed by atoms with Gasteiger partial charge in [-0.2, -0.15) is 4.98 Å². The van der Waals surface area contributed by atoms with Crippen LogP contribution in [0.4, 0.5) is 0 Å². The number of carbonyl (C=O) groups is 1. The van der Waals surface area contributed by atoms with Gasteiger partial charge in [0.1, 0.15) is 11.8 Å². The molecule has 1 aromatic heterocycles. The Morgan fingerprint density at radius 3 is 2.53 bits per heavy atom. The zero-order chi connectivity index (χ0) is 20.7. The smallest absolute Gasteiger partial charge is 0.249 e. The third-order valence-corrected chi connectivity index (χ3v) is 6.35. The summed E-state index contributed by atoms with van der Waals surface area (Å²) >= 11 is 0. The van der Waals surface area contributed by atoms with Crippen molar-refractivity contribution in [3.63, 3.8) is 0 Å². The molecule has 5 rings (SSSR count). The molecule has 30 heavy (non-hydrogen) atoms. The molecule has 0 spiro atoms. The van der Waals surface area contributed by atoms with Crippen molar-refractivity contribution in [1.29, 1.82) is 0 Å². The van der Waals surface area contributed by atoms with E-state index in [1.807, 2.05) is 60.4 Å². The molecule has 2 aliphatic rings. The Morgan fingerprint density at radius 1 is 1.13 bits per heavy atom. The number of carbonyl (C=O) groups excluding carboxylic acids is 1. The Labute approximate surface area is 175 Å². The first-order chi connectivity index (χ1) is 14.6. The van der Waals surface area contributed by atoms with Crippen LogP contribution < -0.4 is 4.74 Å². The van der Waals surface area contributed by atoms with Crippen LogP contribution in [0.2, 0.25) is 0 Å². The van der Waals surface area contributed by atoms with E-state index in [4.69, 9.17) is 9.26 Å². The van der Waals surface area contributed by atoms with E-state index in [-0.39, 0.29) is 11.9 Å². The number of hydrogen-bond acceptors (Lipinski definition) is 5. The highest BCUT2D eigenvalue weighted by atomic mass is 16.5. The van der Waals surface area contributed by atoms with Gasteiger partial charge in [0.25, 0.3) is 0 Å². The van der Waals surface area contributed by atoms with Gasteiger partial charge in [-0.3, -0.25) is 4.79 Å². The molecule has 1 aliphatic heterocycles. The van der Waals surface area contributed by atoms with Crippen molar-refractivity contribution in [2.24, 2.45) is 0 Å². The molecule has 1 saturated carbocycles. The van der Waals surface area contributed by atoms with E-state index in [1.54, 1.807) is 7.11 Å². The van der Waals surface area contributed by atoms with Crippen LogP contribution in [-0.4, -0.2) is 34.6 Å². The van der Waals surface area contributed by atoms with Gasteiger partial charge in [-0.25, -0.2) is 0 Å². The topological polar surface area (TPSA) is 68.5 Å².